The van der Waals surface area contributed by atoms with Crippen molar-refractivity contribution in [1.29, 1.82) is 0 Å². The molecular formula is C17H15NO5. The van der Waals surface area contributed by atoms with Gasteiger partial charge in [0.1, 0.15) is 0 Å². The van der Waals surface area contributed by atoms with Crippen molar-refractivity contribution >= 4 is 17.5 Å². The highest BCUT2D eigenvalue weighted by Crippen LogP contribution is 2.45. The maximum Gasteiger partial charge on any atom is 0.270 e. The van der Waals surface area contributed by atoms with Crippen molar-refractivity contribution in [3.05, 3.63) is 47.5 Å². The Labute approximate surface area is 133 Å². The zero-order chi connectivity index (χ0) is 16.6. The van der Waals surface area contributed by atoms with E-state index in [1.807, 2.05) is 6.07 Å². The number of imide groups is 1. The molecule has 2 amide bonds. The van der Waals surface area contributed by atoms with E-state index >= 15 is 0 Å². The number of carbonyl (C=O) groups excluding carboxylic acids is 2. The second kappa shape index (κ2) is 5.64. The Balaban J connectivity index is 2.23. The van der Waals surface area contributed by atoms with Crippen molar-refractivity contribution < 1.29 is 23.8 Å². The van der Waals surface area contributed by atoms with E-state index < -0.39 is 11.8 Å². The van der Waals surface area contributed by atoms with E-state index in [4.69, 9.17) is 14.2 Å². The van der Waals surface area contributed by atoms with E-state index in [-0.39, 0.29) is 22.6 Å². The normalized spacial score (nSPS) is 13.1. The standard InChI is InChI=1S/C17H15NO5/c1-21-12-9-11-13(15(23-3)14(12)22-2)17(20)18(16(11)19)10-7-5-4-6-8-10/h4-9H,1-3H3. The van der Waals surface area contributed by atoms with Gasteiger partial charge in [0.15, 0.2) is 11.5 Å². The predicted molar refractivity (Wildman–Crippen MR) is 83.7 cm³/mol. The number of methoxy groups -OCH3 is 3. The molecule has 0 unspecified atom stereocenters. The van der Waals surface area contributed by atoms with Crippen LogP contribution in [0.2, 0.25) is 0 Å². The van der Waals surface area contributed by atoms with Crippen LogP contribution in [0.3, 0.4) is 0 Å². The summed E-state index contributed by atoms with van der Waals surface area (Å²) < 4.78 is 15.8. The highest BCUT2D eigenvalue weighted by molar-refractivity contribution is 6.35. The maximum absolute atomic E-state index is 12.8. The minimum atomic E-state index is -0.450. The van der Waals surface area contributed by atoms with Gasteiger partial charge in [-0.25, -0.2) is 4.90 Å². The Morgan fingerprint density at radius 2 is 1.48 bits per heavy atom. The molecule has 0 spiro atoms. The van der Waals surface area contributed by atoms with Gasteiger partial charge in [-0.15, -0.1) is 0 Å². The summed E-state index contributed by atoms with van der Waals surface area (Å²) in [4.78, 5) is 26.6. The van der Waals surface area contributed by atoms with E-state index in [2.05, 4.69) is 0 Å². The number of nitrogens with zero attached hydrogens (tertiary/aromatic N) is 1. The van der Waals surface area contributed by atoms with Crippen molar-refractivity contribution in [3.8, 4) is 17.2 Å². The molecule has 2 aromatic rings. The monoisotopic (exact) mass is 313 g/mol. The number of amides is 2. The van der Waals surface area contributed by atoms with Crippen LogP contribution in [0.25, 0.3) is 0 Å². The number of fused-ring (bicyclic) bond motifs is 1. The number of hydrogen-bond donors (Lipinski definition) is 0. The number of benzene rings is 2. The molecule has 0 bridgehead atoms. The van der Waals surface area contributed by atoms with Crippen LogP contribution in [0.5, 0.6) is 17.2 Å². The highest BCUT2D eigenvalue weighted by atomic mass is 16.5. The number of hydrogen-bond acceptors (Lipinski definition) is 5. The van der Waals surface area contributed by atoms with Crippen molar-refractivity contribution in [3.63, 3.8) is 0 Å². The average Bonchev–Trinajstić information content (AvgIpc) is 2.84. The third-order valence-corrected chi connectivity index (χ3v) is 3.69. The van der Waals surface area contributed by atoms with Gasteiger partial charge in [-0.05, 0) is 18.2 Å². The van der Waals surface area contributed by atoms with Crippen molar-refractivity contribution in [2.24, 2.45) is 0 Å². The highest BCUT2D eigenvalue weighted by Gasteiger charge is 2.41. The molecule has 0 N–H and O–H groups in total. The lowest BCUT2D eigenvalue weighted by atomic mass is 10.1. The summed E-state index contributed by atoms with van der Waals surface area (Å²) in [7, 11) is 4.32. The van der Waals surface area contributed by atoms with Gasteiger partial charge in [0, 0.05) is 0 Å². The number of carbonyl (C=O) groups is 2. The molecule has 1 aliphatic rings. The third-order valence-electron chi connectivity index (χ3n) is 3.69. The molecule has 0 radical (unpaired) electrons. The quantitative estimate of drug-likeness (QED) is 0.812. The smallest absolute Gasteiger partial charge is 0.270 e. The van der Waals surface area contributed by atoms with Crippen molar-refractivity contribution in [2.75, 3.05) is 26.2 Å². The fraction of sp³-hybridized carbons (Fsp3) is 0.176. The van der Waals surface area contributed by atoms with Gasteiger partial charge in [-0.2, -0.15) is 0 Å². The van der Waals surface area contributed by atoms with Crippen molar-refractivity contribution in [1.82, 2.24) is 0 Å². The summed E-state index contributed by atoms with van der Waals surface area (Å²) in [5, 5.41) is 0. The number of anilines is 1. The maximum atomic E-state index is 12.8. The fourth-order valence-electron chi connectivity index (χ4n) is 2.67. The molecule has 3 rings (SSSR count). The Morgan fingerprint density at radius 3 is 2.04 bits per heavy atom. The molecule has 0 saturated carbocycles. The predicted octanol–water partition coefficient (Wildman–Crippen LogP) is 2.51. The summed E-state index contributed by atoms with van der Waals surface area (Å²) in [6.07, 6.45) is 0. The second-order valence-corrected chi connectivity index (χ2v) is 4.85. The Hall–Kier alpha value is -3.02. The number of para-hydroxylation sites is 1. The number of ether oxygens (including phenoxy) is 3. The van der Waals surface area contributed by atoms with Gasteiger partial charge in [0.05, 0.1) is 38.1 Å². The molecule has 0 saturated heterocycles. The first-order chi connectivity index (χ1) is 11.1. The minimum Gasteiger partial charge on any atom is -0.493 e. The van der Waals surface area contributed by atoms with Crippen LogP contribution < -0.4 is 19.1 Å². The molecule has 2 aromatic carbocycles. The van der Waals surface area contributed by atoms with Crippen LogP contribution in [0.15, 0.2) is 36.4 Å². The SMILES string of the molecule is COc1cc2c(c(OC)c1OC)C(=O)N(c1ccccc1)C2=O. The molecule has 0 aromatic heterocycles. The van der Waals surface area contributed by atoms with Crippen LogP contribution in [-0.2, 0) is 0 Å². The van der Waals surface area contributed by atoms with Crippen LogP contribution in [0.1, 0.15) is 20.7 Å². The fourth-order valence-corrected chi connectivity index (χ4v) is 2.67. The first-order valence-electron chi connectivity index (χ1n) is 6.90. The third kappa shape index (κ3) is 2.11. The topological polar surface area (TPSA) is 65.1 Å². The summed E-state index contributed by atoms with van der Waals surface area (Å²) in [6.45, 7) is 0. The van der Waals surface area contributed by atoms with E-state index in [1.165, 1.54) is 27.4 Å². The van der Waals surface area contributed by atoms with Gasteiger partial charge in [0.2, 0.25) is 5.75 Å². The number of rotatable bonds is 4. The van der Waals surface area contributed by atoms with Crippen LogP contribution in [-0.4, -0.2) is 33.1 Å². The summed E-state index contributed by atoms with van der Waals surface area (Å²) in [6, 6.07) is 10.2. The molecule has 118 valence electrons. The largest absolute Gasteiger partial charge is 0.493 e. The molecule has 0 aliphatic carbocycles. The molecule has 1 aliphatic heterocycles. The van der Waals surface area contributed by atoms with Gasteiger partial charge in [0.25, 0.3) is 11.8 Å². The van der Waals surface area contributed by atoms with Gasteiger partial charge < -0.3 is 14.2 Å². The van der Waals surface area contributed by atoms with Gasteiger partial charge >= 0.3 is 0 Å². The van der Waals surface area contributed by atoms with Crippen LogP contribution in [0, 0.1) is 0 Å². The molecule has 23 heavy (non-hydrogen) atoms. The lowest BCUT2D eigenvalue weighted by Crippen LogP contribution is -2.29. The second-order valence-electron chi connectivity index (χ2n) is 4.85. The zero-order valence-electron chi connectivity index (χ0n) is 13.0. The van der Waals surface area contributed by atoms with E-state index in [9.17, 15) is 9.59 Å². The Kier molecular flexibility index (Phi) is 3.65. The van der Waals surface area contributed by atoms with Gasteiger partial charge in [-0.1, -0.05) is 18.2 Å². The first-order valence-corrected chi connectivity index (χ1v) is 6.90. The summed E-state index contributed by atoms with van der Waals surface area (Å²) >= 11 is 0. The van der Waals surface area contributed by atoms with Crippen LogP contribution >= 0.6 is 0 Å². The Bertz CT molecular complexity index is 785. The molecule has 0 atom stereocenters. The van der Waals surface area contributed by atoms with Gasteiger partial charge in [-0.3, -0.25) is 9.59 Å². The minimum absolute atomic E-state index is 0.180. The van der Waals surface area contributed by atoms with E-state index in [0.717, 1.165) is 4.90 Å². The first kappa shape index (κ1) is 14.9. The molecule has 1 heterocycles. The Morgan fingerprint density at radius 1 is 0.826 bits per heavy atom. The molecule has 6 heteroatoms. The summed E-state index contributed by atoms with van der Waals surface area (Å²) in [5.41, 5.74) is 0.908. The lowest BCUT2D eigenvalue weighted by Gasteiger charge is -2.14. The molecule has 0 fully saturated rings. The summed E-state index contributed by atoms with van der Waals surface area (Å²) in [5.74, 6) is -0.0629. The molecular weight excluding hydrogens is 298 g/mol. The van der Waals surface area contributed by atoms with Crippen molar-refractivity contribution in [2.45, 2.75) is 0 Å². The van der Waals surface area contributed by atoms with E-state index in [0.29, 0.717) is 11.4 Å². The van der Waals surface area contributed by atoms with Crippen LogP contribution in [0.4, 0.5) is 5.69 Å². The zero-order valence-corrected chi connectivity index (χ0v) is 13.0. The van der Waals surface area contributed by atoms with E-state index in [1.54, 1.807) is 24.3 Å². The lowest BCUT2D eigenvalue weighted by molar-refractivity contribution is 0.0925. The average molecular weight is 313 g/mol. The molecule has 6 nitrogen and oxygen atoms in total.